The summed E-state index contributed by atoms with van der Waals surface area (Å²) in [7, 11) is 0. The van der Waals surface area contributed by atoms with Gasteiger partial charge in [0, 0.05) is 13.2 Å². The smallest absolute Gasteiger partial charge is 0.113 e. The van der Waals surface area contributed by atoms with Crippen LogP contribution in [0.3, 0.4) is 0 Å². The van der Waals surface area contributed by atoms with Gasteiger partial charge in [-0.3, -0.25) is 0 Å². The van der Waals surface area contributed by atoms with E-state index in [1.54, 1.807) is 4.42 Å². The number of hydrogen-bond acceptors (Lipinski definition) is 2. The van der Waals surface area contributed by atoms with Crippen LogP contribution in [0, 0.1) is 0 Å². The molecule has 0 spiro atoms. The van der Waals surface area contributed by atoms with Crippen LogP contribution in [-0.4, -0.2) is 24.3 Å². The van der Waals surface area contributed by atoms with Crippen LogP contribution < -0.4 is 0 Å². The van der Waals surface area contributed by atoms with Crippen molar-refractivity contribution in [3.05, 3.63) is 0 Å². The van der Waals surface area contributed by atoms with Gasteiger partial charge in [-0.2, -0.15) is 4.42 Å². The van der Waals surface area contributed by atoms with Crippen LogP contribution in [0.1, 0.15) is 6.42 Å². The number of halogens is 1. The molecule has 0 saturated carbocycles. The zero-order chi connectivity index (χ0) is 5.11. The van der Waals surface area contributed by atoms with E-state index in [2.05, 4.69) is 0 Å². The Balaban J connectivity index is 2.12. The Morgan fingerprint density at radius 2 is 2.43 bits per heavy atom. The highest BCUT2D eigenvalue weighted by molar-refractivity contribution is 6.13. The molecule has 1 rings (SSSR count). The molecule has 1 aliphatic heterocycles. The summed E-state index contributed by atoms with van der Waals surface area (Å²) in [4.78, 5) is 0. The largest absolute Gasteiger partial charge is 0.365 e. The molecule has 42 valence electrons. The SMILES string of the molecule is ClN1CCCOC1. The van der Waals surface area contributed by atoms with Crippen molar-refractivity contribution in [2.75, 3.05) is 19.9 Å². The summed E-state index contributed by atoms with van der Waals surface area (Å²) in [5.74, 6) is 0. The summed E-state index contributed by atoms with van der Waals surface area (Å²) >= 11 is 5.52. The summed E-state index contributed by atoms with van der Waals surface area (Å²) in [5.41, 5.74) is 0. The monoisotopic (exact) mass is 121 g/mol. The molecule has 0 atom stereocenters. The second kappa shape index (κ2) is 2.50. The fourth-order valence-electron chi connectivity index (χ4n) is 0.566. The molecule has 0 aromatic carbocycles. The van der Waals surface area contributed by atoms with Crippen LogP contribution in [0.5, 0.6) is 0 Å². The molecule has 3 heteroatoms. The van der Waals surface area contributed by atoms with Crippen molar-refractivity contribution in [3.63, 3.8) is 0 Å². The van der Waals surface area contributed by atoms with Gasteiger partial charge in [-0.25, -0.2) is 0 Å². The summed E-state index contributed by atoms with van der Waals surface area (Å²) in [6, 6.07) is 0. The average molecular weight is 122 g/mol. The fourth-order valence-corrected chi connectivity index (χ4v) is 0.755. The molecule has 1 heterocycles. The molecule has 0 N–H and O–H groups in total. The van der Waals surface area contributed by atoms with Gasteiger partial charge in [-0.15, -0.1) is 0 Å². The molecule has 0 bridgehead atoms. The van der Waals surface area contributed by atoms with Crippen molar-refractivity contribution < 1.29 is 4.74 Å². The Labute approximate surface area is 48.1 Å². The topological polar surface area (TPSA) is 12.5 Å². The van der Waals surface area contributed by atoms with E-state index in [0.717, 1.165) is 19.6 Å². The van der Waals surface area contributed by atoms with Crippen molar-refractivity contribution in [1.82, 2.24) is 4.42 Å². The highest BCUT2D eigenvalue weighted by atomic mass is 35.5. The lowest BCUT2D eigenvalue weighted by Crippen LogP contribution is -2.24. The minimum Gasteiger partial charge on any atom is -0.365 e. The molecule has 0 unspecified atom stereocenters. The Hall–Kier alpha value is 0.210. The van der Waals surface area contributed by atoms with Crippen LogP contribution in [0.4, 0.5) is 0 Å². The third kappa shape index (κ3) is 1.63. The lowest BCUT2D eigenvalue weighted by atomic mass is 10.4. The van der Waals surface area contributed by atoms with Crippen LogP contribution in [0.15, 0.2) is 0 Å². The van der Waals surface area contributed by atoms with Crippen LogP contribution in [0.25, 0.3) is 0 Å². The molecule has 0 aliphatic carbocycles. The zero-order valence-electron chi connectivity index (χ0n) is 4.06. The molecule has 1 fully saturated rings. The minimum atomic E-state index is 0.585. The van der Waals surface area contributed by atoms with E-state index < -0.39 is 0 Å². The van der Waals surface area contributed by atoms with Gasteiger partial charge in [-0.05, 0) is 18.2 Å². The van der Waals surface area contributed by atoms with Crippen molar-refractivity contribution in [2.45, 2.75) is 6.42 Å². The summed E-state index contributed by atoms with van der Waals surface area (Å²) in [6.07, 6.45) is 1.06. The number of rotatable bonds is 0. The summed E-state index contributed by atoms with van der Waals surface area (Å²) in [5, 5.41) is 0. The predicted octanol–water partition coefficient (Wildman–Crippen LogP) is 0.820. The lowest BCUT2D eigenvalue weighted by molar-refractivity contribution is 0.0324. The van der Waals surface area contributed by atoms with E-state index in [-0.39, 0.29) is 0 Å². The third-order valence-corrected chi connectivity index (χ3v) is 1.19. The molecule has 1 saturated heterocycles. The predicted molar refractivity (Wildman–Crippen MR) is 28.0 cm³/mol. The third-order valence-electron chi connectivity index (χ3n) is 0.921. The van der Waals surface area contributed by atoms with Crippen molar-refractivity contribution in [1.29, 1.82) is 0 Å². The highest BCUT2D eigenvalue weighted by Gasteiger charge is 2.04. The molecule has 2 nitrogen and oxygen atoms in total. The molecular weight excluding hydrogens is 114 g/mol. The zero-order valence-corrected chi connectivity index (χ0v) is 4.82. The Morgan fingerprint density at radius 1 is 1.57 bits per heavy atom. The first-order chi connectivity index (χ1) is 3.39. The number of hydrogen-bond donors (Lipinski definition) is 0. The molecule has 0 aromatic heterocycles. The van der Waals surface area contributed by atoms with Gasteiger partial charge in [-0.1, -0.05) is 0 Å². The molecule has 0 radical (unpaired) electrons. The number of nitrogens with zero attached hydrogens (tertiary/aromatic N) is 1. The molecular formula is C4H8ClNO. The maximum atomic E-state index is 5.52. The van der Waals surface area contributed by atoms with Crippen molar-refractivity contribution in [2.24, 2.45) is 0 Å². The van der Waals surface area contributed by atoms with Crippen molar-refractivity contribution in [3.8, 4) is 0 Å². The van der Waals surface area contributed by atoms with E-state index >= 15 is 0 Å². The first kappa shape index (κ1) is 5.35. The van der Waals surface area contributed by atoms with E-state index in [1.807, 2.05) is 0 Å². The van der Waals surface area contributed by atoms with Gasteiger partial charge < -0.3 is 4.74 Å². The maximum Gasteiger partial charge on any atom is 0.113 e. The first-order valence-corrected chi connectivity index (χ1v) is 2.72. The number of ether oxygens (including phenoxy) is 1. The van der Waals surface area contributed by atoms with Gasteiger partial charge in [0.15, 0.2) is 0 Å². The van der Waals surface area contributed by atoms with E-state index in [1.165, 1.54) is 0 Å². The lowest BCUT2D eigenvalue weighted by Gasteiger charge is -2.18. The molecule has 0 amide bonds. The van der Waals surface area contributed by atoms with E-state index in [9.17, 15) is 0 Å². The van der Waals surface area contributed by atoms with E-state index in [0.29, 0.717) is 6.73 Å². The normalized spacial score (nSPS) is 25.3. The molecule has 0 aromatic rings. The van der Waals surface area contributed by atoms with Crippen LogP contribution >= 0.6 is 11.8 Å². The highest BCUT2D eigenvalue weighted by Crippen LogP contribution is 2.01. The van der Waals surface area contributed by atoms with Crippen LogP contribution in [0.2, 0.25) is 0 Å². The summed E-state index contributed by atoms with van der Waals surface area (Å²) < 4.78 is 6.62. The average Bonchev–Trinajstić information content (AvgIpc) is 1.69. The quantitative estimate of drug-likeness (QED) is 0.440. The van der Waals surface area contributed by atoms with E-state index in [4.69, 9.17) is 16.5 Å². The second-order valence-electron chi connectivity index (χ2n) is 1.58. The Bertz CT molecular complexity index is 53.7. The fraction of sp³-hybridized carbons (Fsp3) is 1.00. The van der Waals surface area contributed by atoms with Gasteiger partial charge in [0.2, 0.25) is 0 Å². The van der Waals surface area contributed by atoms with Crippen molar-refractivity contribution >= 4 is 11.8 Å². The second-order valence-corrected chi connectivity index (χ2v) is 2.06. The maximum absolute atomic E-state index is 5.52. The van der Waals surface area contributed by atoms with Crippen LogP contribution in [-0.2, 0) is 4.74 Å². The Morgan fingerprint density at radius 3 is 2.71 bits per heavy atom. The Kier molecular flexibility index (Phi) is 1.91. The van der Waals surface area contributed by atoms with Gasteiger partial charge in [0.25, 0.3) is 0 Å². The summed E-state index contributed by atoms with van der Waals surface area (Å²) in [6.45, 7) is 2.41. The van der Waals surface area contributed by atoms with Gasteiger partial charge in [0.1, 0.15) is 6.73 Å². The van der Waals surface area contributed by atoms with Gasteiger partial charge >= 0.3 is 0 Å². The van der Waals surface area contributed by atoms with Gasteiger partial charge in [0.05, 0.1) is 0 Å². The first-order valence-electron chi connectivity index (χ1n) is 2.38. The minimum absolute atomic E-state index is 0.585. The molecule has 7 heavy (non-hydrogen) atoms. The standard InChI is InChI=1S/C4H8ClNO/c5-6-2-1-3-7-4-6/h1-4H2. The molecule has 1 aliphatic rings.